The van der Waals surface area contributed by atoms with Crippen molar-refractivity contribution in [2.45, 2.75) is 23.3 Å². The Morgan fingerprint density at radius 2 is 1.50 bits per heavy atom. The molecule has 1 fully saturated rings. The number of benzene rings is 3. The van der Waals surface area contributed by atoms with E-state index < -0.39 is 0 Å². The van der Waals surface area contributed by atoms with E-state index in [1.54, 1.807) is 17.8 Å². The van der Waals surface area contributed by atoms with Crippen LogP contribution in [0.5, 0.6) is 0 Å². The molecule has 4 rings (SSSR count). The van der Waals surface area contributed by atoms with E-state index in [0.717, 1.165) is 38.2 Å². The van der Waals surface area contributed by atoms with Crippen LogP contribution in [0.3, 0.4) is 0 Å². The standard InChI is InChI=1S/C24H18ClNO2S2/c1-16-2-4-18(5-3-16)15-26-23(27)22(30-24(26)28)14-17-6-10-20(11-7-17)29-21-12-8-19(25)9-13-21/h2-14H,15H2,1H3/b22-14-. The molecule has 0 unspecified atom stereocenters. The Labute approximate surface area is 189 Å². The van der Waals surface area contributed by atoms with Crippen molar-refractivity contribution < 1.29 is 9.59 Å². The molecular formula is C24H18ClNO2S2. The number of rotatable bonds is 5. The molecule has 30 heavy (non-hydrogen) atoms. The molecule has 150 valence electrons. The summed E-state index contributed by atoms with van der Waals surface area (Å²) in [5.74, 6) is -0.245. The number of halogens is 1. The largest absolute Gasteiger partial charge is 0.293 e. The average molecular weight is 452 g/mol. The number of aryl methyl sites for hydroxylation is 1. The van der Waals surface area contributed by atoms with Gasteiger partial charge in [0, 0.05) is 14.8 Å². The monoisotopic (exact) mass is 451 g/mol. The Balaban J connectivity index is 1.45. The van der Waals surface area contributed by atoms with Gasteiger partial charge in [-0.05, 0) is 72.3 Å². The Morgan fingerprint density at radius 1 is 0.900 bits per heavy atom. The molecule has 0 saturated carbocycles. The van der Waals surface area contributed by atoms with Crippen molar-refractivity contribution in [1.82, 2.24) is 4.90 Å². The molecule has 0 atom stereocenters. The predicted molar refractivity (Wildman–Crippen MR) is 125 cm³/mol. The SMILES string of the molecule is Cc1ccc(CN2C(=O)S/C(=C\c3ccc(Sc4ccc(Cl)cc4)cc3)C2=O)cc1. The van der Waals surface area contributed by atoms with E-state index in [1.807, 2.05) is 79.7 Å². The van der Waals surface area contributed by atoms with E-state index in [4.69, 9.17) is 11.6 Å². The molecule has 2 amide bonds. The van der Waals surface area contributed by atoms with Crippen molar-refractivity contribution in [3.8, 4) is 0 Å². The zero-order chi connectivity index (χ0) is 21.1. The van der Waals surface area contributed by atoms with Crippen molar-refractivity contribution in [1.29, 1.82) is 0 Å². The van der Waals surface area contributed by atoms with Crippen LogP contribution >= 0.6 is 35.1 Å². The van der Waals surface area contributed by atoms with E-state index in [9.17, 15) is 9.59 Å². The van der Waals surface area contributed by atoms with Crippen LogP contribution < -0.4 is 0 Å². The highest BCUT2D eigenvalue weighted by Crippen LogP contribution is 2.34. The molecule has 1 aliphatic rings. The average Bonchev–Trinajstić information content (AvgIpc) is 3.00. The van der Waals surface area contributed by atoms with E-state index in [0.29, 0.717) is 16.5 Å². The van der Waals surface area contributed by atoms with Crippen molar-refractivity contribution in [2.75, 3.05) is 0 Å². The fraction of sp³-hybridized carbons (Fsp3) is 0.0833. The third-order valence-electron chi connectivity index (χ3n) is 4.56. The predicted octanol–water partition coefficient (Wildman–Crippen LogP) is 7.04. The van der Waals surface area contributed by atoms with Crippen LogP contribution in [0.25, 0.3) is 6.08 Å². The van der Waals surface area contributed by atoms with Crippen molar-refractivity contribution in [3.63, 3.8) is 0 Å². The molecule has 3 aromatic rings. The summed E-state index contributed by atoms with van der Waals surface area (Å²) >= 11 is 8.55. The molecule has 1 saturated heterocycles. The second-order valence-corrected chi connectivity index (χ2v) is 9.46. The Hall–Kier alpha value is -2.47. The number of carbonyl (C=O) groups is 2. The molecule has 0 N–H and O–H groups in total. The van der Waals surface area contributed by atoms with E-state index in [-0.39, 0.29) is 11.1 Å². The third-order valence-corrected chi connectivity index (χ3v) is 6.74. The number of amides is 2. The number of nitrogens with zero attached hydrogens (tertiary/aromatic N) is 1. The summed E-state index contributed by atoms with van der Waals surface area (Å²) in [6.45, 7) is 2.30. The van der Waals surface area contributed by atoms with Gasteiger partial charge in [-0.25, -0.2) is 0 Å². The molecule has 0 aliphatic carbocycles. The molecule has 1 aliphatic heterocycles. The number of hydrogen-bond acceptors (Lipinski definition) is 4. The molecule has 3 nitrogen and oxygen atoms in total. The van der Waals surface area contributed by atoms with Gasteiger partial charge in [0.05, 0.1) is 11.4 Å². The lowest BCUT2D eigenvalue weighted by molar-refractivity contribution is -0.123. The van der Waals surface area contributed by atoms with Crippen LogP contribution in [0.4, 0.5) is 4.79 Å². The van der Waals surface area contributed by atoms with Crippen LogP contribution in [0.2, 0.25) is 5.02 Å². The Kier molecular flexibility index (Phi) is 6.32. The number of hydrogen-bond donors (Lipinski definition) is 0. The van der Waals surface area contributed by atoms with Gasteiger partial charge in [-0.3, -0.25) is 14.5 Å². The number of imide groups is 1. The first kappa shape index (κ1) is 20.8. The summed E-state index contributed by atoms with van der Waals surface area (Å²) in [5.41, 5.74) is 2.97. The highest BCUT2D eigenvalue weighted by Gasteiger charge is 2.34. The highest BCUT2D eigenvalue weighted by molar-refractivity contribution is 8.18. The minimum Gasteiger partial charge on any atom is -0.268 e. The van der Waals surface area contributed by atoms with Gasteiger partial charge in [-0.15, -0.1) is 0 Å². The van der Waals surface area contributed by atoms with Gasteiger partial charge < -0.3 is 0 Å². The van der Waals surface area contributed by atoms with Gasteiger partial charge in [0.25, 0.3) is 11.1 Å². The smallest absolute Gasteiger partial charge is 0.268 e. The van der Waals surface area contributed by atoms with Crippen molar-refractivity contribution >= 4 is 52.3 Å². The quantitative estimate of drug-likeness (QED) is 0.390. The molecule has 0 spiro atoms. The maximum Gasteiger partial charge on any atom is 0.293 e. The summed E-state index contributed by atoms with van der Waals surface area (Å²) in [6, 6.07) is 23.4. The summed E-state index contributed by atoms with van der Waals surface area (Å²) in [4.78, 5) is 29.0. The highest BCUT2D eigenvalue weighted by atomic mass is 35.5. The number of carbonyl (C=O) groups excluding carboxylic acids is 2. The Morgan fingerprint density at radius 3 is 2.13 bits per heavy atom. The summed E-state index contributed by atoms with van der Waals surface area (Å²) in [6.07, 6.45) is 1.77. The lowest BCUT2D eigenvalue weighted by Gasteiger charge is -2.12. The lowest BCUT2D eigenvalue weighted by Crippen LogP contribution is -2.27. The molecule has 0 radical (unpaired) electrons. The van der Waals surface area contributed by atoms with Gasteiger partial charge in [0.1, 0.15) is 0 Å². The minimum absolute atomic E-state index is 0.235. The van der Waals surface area contributed by atoms with Crippen LogP contribution in [0.1, 0.15) is 16.7 Å². The van der Waals surface area contributed by atoms with Crippen molar-refractivity contribution in [3.05, 3.63) is 99.4 Å². The molecule has 3 aromatic carbocycles. The molecule has 0 bridgehead atoms. The van der Waals surface area contributed by atoms with Crippen LogP contribution in [-0.4, -0.2) is 16.0 Å². The second-order valence-electron chi connectivity index (χ2n) is 6.88. The van der Waals surface area contributed by atoms with Gasteiger partial charge in [-0.1, -0.05) is 65.3 Å². The van der Waals surface area contributed by atoms with Crippen LogP contribution in [0, 0.1) is 6.92 Å². The number of thioether (sulfide) groups is 1. The normalized spacial score (nSPS) is 15.3. The molecule has 6 heteroatoms. The summed E-state index contributed by atoms with van der Waals surface area (Å²) in [7, 11) is 0. The van der Waals surface area contributed by atoms with E-state index >= 15 is 0 Å². The topological polar surface area (TPSA) is 37.4 Å². The first-order chi connectivity index (χ1) is 14.5. The van der Waals surface area contributed by atoms with Crippen LogP contribution in [0.15, 0.2) is 87.5 Å². The van der Waals surface area contributed by atoms with E-state index in [2.05, 4.69) is 0 Å². The summed E-state index contributed by atoms with van der Waals surface area (Å²) in [5, 5.41) is 0.479. The maximum absolute atomic E-state index is 12.7. The zero-order valence-corrected chi connectivity index (χ0v) is 18.6. The second kappa shape index (κ2) is 9.13. The summed E-state index contributed by atoms with van der Waals surface area (Å²) < 4.78 is 0. The molecule has 0 aromatic heterocycles. The first-order valence-corrected chi connectivity index (χ1v) is 11.3. The van der Waals surface area contributed by atoms with E-state index in [1.165, 1.54) is 4.90 Å². The van der Waals surface area contributed by atoms with Crippen molar-refractivity contribution in [2.24, 2.45) is 0 Å². The Bertz CT molecular complexity index is 1110. The fourth-order valence-corrected chi connectivity index (χ4v) is 4.72. The third kappa shape index (κ3) is 4.98. The zero-order valence-electron chi connectivity index (χ0n) is 16.2. The molecular weight excluding hydrogens is 434 g/mol. The lowest BCUT2D eigenvalue weighted by atomic mass is 10.1. The minimum atomic E-state index is -0.245. The fourth-order valence-electron chi connectivity index (χ4n) is 2.93. The maximum atomic E-state index is 12.7. The van der Waals surface area contributed by atoms with Gasteiger partial charge >= 0.3 is 0 Å². The first-order valence-electron chi connectivity index (χ1n) is 9.32. The molecule has 1 heterocycles. The van der Waals surface area contributed by atoms with Gasteiger partial charge in [0.15, 0.2) is 0 Å². The van der Waals surface area contributed by atoms with Gasteiger partial charge in [0.2, 0.25) is 0 Å². The van der Waals surface area contributed by atoms with Gasteiger partial charge in [-0.2, -0.15) is 0 Å². The van der Waals surface area contributed by atoms with Crippen LogP contribution in [-0.2, 0) is 11.3 Å².